The van der Waals surface area contributed by atoms with Crippen LogP contribution in [-0.4, -0.2) is 70.2 Å². The fraction of sp³-hybridized carbons (Fsp3) is 0.469. The smallest absolute Gasteiger partial charge is 0.304 e. The molecule has 1 unspecified atom stereocenters. The molecule has 1 N–H and O–H groups in total. The number of β-lactam (4-membered cyclic amide) rings is 1. The Morgan fingerprint density at radius 3 is 2.69 bits per heavy atom. The molecule has 0 bridgehead atoms. The Balaban J connectivity index is 1.35. The molecule has 6 rings (SSSR count). The van der Waals surface area contributed by atoms with E-state index in [1.165, 1.54) is 34.9 Å². The lowest BCUT2D eigenvalue weighted by Gasteiger charge is -2.39. The molecule has 3 aliphatic heterocycles. The monoisotopic (exact) mass is 680 g/mol. The van der Waals surface area contributed by atoms with Gasteiger partial charge in [0, 0.05) is 67.5 Å². The van der Waals surface area contributed by atoms with Crippen LogP contribution in [0.5, 0.6) is 0 Å². The van der Waals surface area contributed by atoms with E-state index in [1.54, 1.807) is 55.2 Å². The third kappa shape index (κ3) is 5.77. The summed E-state index contributed by atoms with van der Waals surface area (Å²) in [5.74, 6) is -1.85. The minimum Gasteiger partial charge on any atom is -0.441 e. The highest BCUT2D eigenvalue weighted by Crippen LogP contribution is 2.60. The number of esters is 1. The summed E-state index contributed by atoms with van der Waals surface area (Å²) in [5.41, 5.74) is -0.0455. The number of aromatic nitrogens is 3. The number of nitrogens with zero attached hydrogens (tertiary/aromatic N) is 6. The number of anilines is 2. The van der Waals surface area contributed by atoms with E-state index in [1.807, 2.05) is 0 Å². The van der Waals surface area contributed by atoms with Crippen LogP contribution in [0.3, 0.4) is 0 Å². The number of nitro benzene ring substituents is 1. The zero-order chi connectivity index (χ0) is 34.5. The first kappa shape index (κ1) is 33.4. The van der Waals surface area contributed by atoms with Gasteiger partial charge < -0.3 is 23.6 Å². The predicted molar refractivity (Wildman–Crippen MR) is 172 cm³/mol. The molecule has 2 fully saturated rings. The van der Waals surface area contributed by atoms with Crippen molar-refractivity contribution in [1.29, 1.82) is 0 Å². The van der Waals surface area contributed by atoms with Crippen molar-refractivity contribution < 1.29 is 38.0 Å². The van der Waals surface area contributed by atoms with Gasteiger partial charge in [-0.05, 0) is 43.3 Å². The zero-order valence-corrected chi connectivity index (χ0v) is 28.0. The summed E-state index contributed by atoms with van der Waals surface area (Å²) in [7, 11) is -3.50. The molecule has 48 heavy (non-hydrogen) atoms. The molecule has 14 nitrogen and oxygen atoms in total. The van der Waals surface area contributed by atoms with E-state index in [4.69, 9.17) is 9.47 Å². The maximum atomic E-state index is 16.2. The minimum atomic E-state index is -3.50. The second-order valence-electron chi connectivity index (χ2n) is 13.1. The van der Waals surface area contributed by atoms with Crippen LogP contribution in [0.4, 0.5) is 21.2 Å². The molecule has 2 aromatic carbocycles. The van der Waals surface area contributed by atoms with Crippen molar-refractivity contribution in [2.45, 2.75) is 82.8 Å². The zero-order valence-electron chi connectivity index (χ0n) is 27.0. The molecule has 0 radical (unpaired) electrons. The molecule has 4 heterocycles. The summed E-state index contributed by atoms with van der Waals surface area (Å²) in [5, 5.41) is 29.3. The lowest BCUT2D eigenvalue weighted by molar-refractivity contribution is -0.385. The number of benzene rings is 2. The van der Waals surface area contributed by atoms with Gasteiger partial charge in [0.2, 0.25) is 14.3 Å². The number of nitro groups is 1. The first-order chi connectivity index (χ1) is 22.7. The number of ether oxygens (including phenoxy) is 2. The number of aliphatic hydroxyl groups excluding tert-OH is 1. The number of hydrogen-bond donors (Lipinski definition) is 1. The first-order valence-electron chi connectivity index (χ1n) is 15.8. The second-order valence-corrected chi connectivity index (χ2v) is 16.9. The van der Waals surface area contributed by atoms with E-state index in [0.29, 0.717) is 47.6 Å². The van der Waals surface area contributed by atoms with Gasteiger partial charge >= 0.3 is 5.97 Å². The molecule has 2 amide bonds. The lowest BCUT2D eigenvalue weighted by Crippen LogP contribution is -2.54. The Morgan fingerprint density at radius 2 is 2.02 bits per heavy atom. The third-order valence-electron chi connectivity index (χ3n) is 9.49. The molecule has 1 spiro atoms. The molecule has 2 saturated heterocycles. The molecule has 5 atom stereocenters. The van der Waals surface area contributed by atoms with Gasteiger partial charge in [0.15, 0.2) is 11.8 Å². The van der Waals surface area contributed by atoms with Crippen LogP contribution in [0.25, 0.3) is 0 Å². The average Bonchev–Trinajstić information content (AvgIpc) is 3.65. The van der Waals surface area contributed by atoms with Crippen molar-refractivity contribution in [2.24, 2.45) is 5.92 Å². The number of hydrogen-bond acceptors (Lipinski definition) is 10. The molecular weight excluding hydrogens is 643 g/mol. The Bertz CT molecular complexity index is 1780. The Kier molecular flexibility index (Phi) is 8.68. The molecule has 1 aromatic heterocycles. The summed E-state index contributed by atoms with van der Waals surface area (Å²) in [6, 6.07) is 11.1. The van der Waals surface area contributed by atoms with E-state index < -0.39 is 54.6 Å². The number of fused-ring (bicyclic) bond motifs is 2. The third-order valence-corrected chi connectivity index (χ3v) is 11.9. The van der Waals surface area contributed by atoms with Crippen molar-refractivity contribution >= 4 is 43.3 Å². The van der Waals surface area contributed by atoms with Gasteiger partial charge in [-0.2, -0.15) is 0 Å². The van der Waals surface area contributed by atoms with Crippen LogP contribution in [0.1, 0.15) is 43.5 Å². The van der Waals surface area contributed by atoms with Crippen LogP contribution in [-0.2, 0) is 49.0 Å². The van der Waals surface area contributed by atoms with Gasteiger partial charge in [-0.25, -0.2) is 0 Å². The number of rotatable bonds is 11. The van der Waals surface area contributed by atoms with Crippen LogP contribution < -0.4 is 9.80 Å². The quantitative estimate of drug-likeness (QED) is 0.0786. The highest BCUT2D eigenvalue weighted by Gasteiger charge is 2.67. The highest BCUT2D eigenvalue weighted by atomic mass is 28.4. The van der Waals surface area contributed by atoms with Crippen molar-refractivity contribution in [1.82, 2.24) is 15.0 Å². The molecule has 16 heteroatoms. The van der Waals surface area contributed by atoms with Gasteiger partial charge in [0.1, 0.15) is 0 Å². The highest BCUT2D eigenvalue weighted by molar-refractivity contribution is 6.72. The summed E-state index contributed by atoms with van der Waals surface area (Å²) in [4.78, 5) is 53.0. The van der Waals surface area contributed by atoms with Crippen molar-refractivity contribution in [2.75, 3.05) is 16.4 Å². The van der Waals surface area contributed by atoms with Gasteiger partial charge in [0.25, 0.3) is 11.6 Å². The molecular formula is C32H37FN6O8Si. The van der Waals surface area contributed by atoms with Crippen LogP contribution in [0, 0.1) is 16.0 Å². The normalized spacial score (nSPS) is 25.0. The number of halogens is 1. The molecule has 0 aliphatic carbocycles. The van der Waals surface area contributed by atoms with Crippen LogP contribution >= 0.6 is 0 Å². The number of aliphatic hydroxyl groups is 1. The Hall–Kier alpha value is -4.54. The summed E-state index contributed by atoms with van der Waals surface area (Å²) in [6.07, 6.45) is 0.997. The largest absolute Gasteiger partial charge is 0.441 e. The van der Waals surface area contributed by atoms with E-state index in [-0.39, 0.29) is 31.2 Å². The maximum Gasteiger partial charge on any atom is 0.304 e. The van der Waals surface area contributed by atoms with E-state index >= 15 is 4.11 Å². The van der Waals surface area contributed by atoms with Crippen molar-refractivity contribution in [3.05, 3.63) is 75.6 Å². The van der Waals surface area contributed by atoms with Gasteiger partial charge in [-0.1, -0.05) is 24.3 Å². The second kappa shape index (κ2) is 12.5. The van der Waals surface area contributed by atoms with Crippen molar-refractivity contribution in [3.63, 3.8) is 0 Å². The van der Waals surface area contributed by atoms with Crippen LogP contribution in [0.15, 0.2) is 48.7 Å². The van der Waals surface area contributed by atoms with E-state index in [2.05, 4.69) is 10.3 Å². The van der Waals surface area contributed by atoms with Gasteiger partial charge in [0.05, 0.1) is 35.4 Å². The lowest BCUT2D eigenvalue weighted by atomic mass is 9.82. The standard InChI is InChI=1S/C32H37FN6O8Si/c1-19-30(48(3,4)33)27(10-12-36-18-22(11-13-40)34-35-36)47-32(19)25-15-24(39(44)45)8-9-26(25)37(31(32)43)17-21-6-5-7-23(14-21)38-28(42)16-29(38)46-20(2)41/h5-9,14-15,18-19,27,29-30,40H,10-13,16-17H2,1-4H3/t19-,27+,29?,30-,32+/m1/s1. The fourth-order valence-corrected chi connectivity index (χ4v) is 10.0. The van der Waals surface area contributed by atoms with E-state index in [0.717, 1.165) is 0 Å². The van der Waals surface area contributed by atoms with Crippen molar-refractivity contribution in [3.8, 4) is 0 Å². The molecule has 3 aliphatic rings. The number of non-ortho nitro benzene ring substituents is 1. The van der Waals surface area contributed by atoms with Gasteiger partial charge in [-0.15, -0.1) is 5.10 Å². The topological polar surface area (TPSA) is 170 Å². The minimum absolute atomic E-state index is 0.0357. The Morgan fingerprint density at radius 1 is 1.25 bits per heavy atom. The average molecular weight is 681 g/mol. The number of carbonyl (C=O) groups excluding carboxylic acids is 3. The number of carbonyl (C=O) groups is 3. The SMILES string of the molecule is CC(=O)OC1CC(=O)N1c1cccc(CN2C(=O)[C@@]3(O[C@@H](CCn4cc(CCO)nn4)[C@H]([Si](C)(C)F)[C@H]3C)c3cc([N+](=O)[O-])ccc32)c1. The molecule has 0 saturated carbocycles. The fourth-order valence-electron chi connectivity index (χ4n) is 7.48. The molecule has 3 aromatic rings. The summed E-state index contributed by atoms with van der Waals surface area (Å²) >= 11 is 0. The maximum absolute atomic E-state index is 16.2. The number of amides is 2. The summed E-state index contributed by atoms with van der Waals surface area (Å²) < 4.78 is 29.8. The Labute approximate surface area is 276 Å². The van der Waals surface area contributed by atoms with Gasteiger partial charge in [-0.3, -0.25) is 34.1 Å². The first-order valence-corrected chi connectivity index (χ1v) is 18.8. The van der Waals surface area contributed by atoms with Crippen LogP contribution in [0.2, 0.25) is 18.6 Å². The van der Waals surface area contributed by atoms with E-state index in [9.17, 15) is 29.6 Å². The molecule has 254 valence electrons. The summed E-state index contributed by atoms with van der Waals surface area (Å²) in [6.45, 7) is 6.49. The number of aryl methyl sites for hydroxylation is 1. The predicted octanol–water partition coefficient (Wildman–Crippen LogP) is 3.76.